The van der Waals surface area contributed by atoms with E-state index in [4.69, 9.17) is 0 Å². The molecule has 1 aliphatic heterocycles. The second kappa shape index (κ2) is 6.53. The van der Waals surface area contributed by atoms with Crippen molar-refractivity contribution in [2.24, 2.45) is 5.92 Å². The van der Waals surface area contributed by atoms with Crippen molar-refractivity contribution in [2.45, 2.75) is 32.7 Å². The quantitative estimate of drug-likeness (QED) is 0.867. The van der Waals surface area contributed by atoms with E-state index in [1.807, 2.05) is 18.4 Å². The molecule has 1 fully saturated rings. The van der Waals surface area contributed by atoms with E-state index in [-0.39, 0.29) is 0 Å². The zero-order valence-corrected chi connectivity index (χ0v) is 11.9. The number of nitrogens with one attached hydrogen (secondary N) is 1. The molecule has 1 N–H and O–H groups in total. The first-order valence-electron chi connectivity index (χ1n) is 6.70. The van der Waals surface area contributed by atoms with E-state index in [1.165, 1.54) is 48.7 Å². The molecule has 0 unspecified atom stereocenters. The standard InChI is InChI=1S/C14H24N2S/c1-12-3-4-14(17-12)11-16-9-6-13(7-10-16)5-8-15-2/h3-4,13,15H,5-11H2,1-2H3. The number of piperidine rings is 1. The lowest BCUT2D eigenvalue weighted by atomic mass is 9.93. The van der Waals surface area contributed by atoms with Gasteiger partial charge in [0.25, 0.3) is 0 Å². The van der Waals surface area contributed by atoms with Gasteiger partial charge in [-0.05, 0) is 70.9 Å². The summed E-state index contributed by atoms with van der Waals surface area (Å²) in [4.78, 5) is 5.57. The van der Waals surface area contributed by atoms with Crippen molar-refractivity contribution in [1.29, 1.82) is 0 Å². The molecule has 0 spiro atoms. The van der Waals surface area contributed by atoms with Crippen molar-refractivity contribution in [2.75, 3.05) is 26.7 Å². The Hall–Kier alpha value is -0.380. The van der Waals surface area contributed by atoms with E-state index in [1.54, 1.807) is 0 Å². The van der Waals surface area contributed by atoms with Crippen LogP contribution in [-0.4, -0.2) is 31.6 Å². The highest BCUT2D eigenvalue weighted by atomic mass is 32.1. The van der Waals surface area contributed by atoms with Crippen LogP contribution in [0, 0.1) is 12.8 Å². The van der Waals surface area contributed by atoms with Crippen LogP contribution in [0.2, 0.25) is 0 Å². The number of rotatable bonds is 5. The van der Waals surface area contributed by atoms with Crippen molar-refractivity contribution < 1.29 is 0 Å². The molecule has 2 nitrogen and oxygen atoms in total. The Morgan fingerprint density at radius 2 is 2.12 bits per heavy atom. The first-order chi connectivity index (χ1) is 8.28. The number of thiophene rings is 1. The Balaban J connectivity index is 1.72. The Morgan fingerprint density at radius 1 is 1.35 bits per heavy atom. The van der Waals surface area contributed by atoms with Crippen LogP contribution in [-0.2, 0) is 6.54 Å². The van der Waals surface area contributed by atoms with Crippen molar-refractivity contribution in [1.82, 2.24) is 10.2 Å². The average Bonchev–Trinajstić information content (AvgIpc) is 2.74. The lowest BCUT2D eigenvalue weighted by Gasteiger charge is -2.31. The second-order valence-corrected chi connectivity index (χ2v) is 6.50. The summed E-state index contributed by atoms with van der Waals surface area (Å²) in [5, 5.41) is 3.26. The van der Waals surface area contributed by atoms with Crippen LogP contribution >= 0.6 is 11.3 Å². The number of nitrogens with zero attached hydrogens (tertiary/aromatic N) is 1. The lowest BCUT2D eigenvalue weighted by Crippen LogP contribution is -2.33. The van der Waals surface area contributed by atoms with Crippen LogP contribution in [0.1, 0.15) is 29.0 Å². The molecule has 1 aromatic rings. The van der Waals surface area contributed by atoms with Crippen LogP contribution in [0.25, 0.3) is 0 Å². The van der Waals surface area contributed by atoms with Crippen molar-refractivity contribution in [3.8, 4) is 0 Å². The summed E-state index contributed by atoms with van der Waals surface area (Å²) in [6.07, 6.45) is 4.11. The third-order valence-electron chi connectivity index (χ3n) is 3.69. The van der Waals surface area contributed by atoms with Crippen molar-refractivity contribution in [3.63, 3.8) is 0 Å². The molecule has 96 valence electrons. The van der Waals surface area contributed by atoms with E-state index >= 15 is 0 Å². The van der Waals surface area contributed by atoms with Gasteiger partial charge in [0.15, 0.2) is 0 Å². The summed E-state index contributed by atoms with van der Waals surface area (Å²) in [6.45, 7) is 7.10. The summed E-state index contributed by atoms with van der Waals surface area (Å²) in [6, 6.07) is 4.52. The van der Waals surface area contributed by atoms with Crippen LogP contribution in [0.3, 0.4) is 0 Å². The second-order valence-electron chi connectivity index (χ2n) is 5.12. The highest BCUT2D eigenvalue weighted by molar-refractivity contribution is 7.11. The number of aryl methyl sites for hydroxylation is 1. The zero-order valence-electron chi connectivity index (χ0n) is 11.0. The molecule has 1 aromatic heterocycles. The van der Waals surface area contributed by atoms with Gasteiger partial charge in [-0.25, -0.2) is 0 Å². The SMILES string of the molecule is CNCCC1CCN(Cc2ccc(C)s2)CC1. The predicted molar refractivity (Wildman–Crippen MR) is 75.6 cm³/mol. The molecule has 0 bridgehead atoms. The molecular formula is C14H24N2S. The molecule has 0 aromatic carbocycles. The molecule has 17 heavy (non-hydrogen) atoms. The van der Waals surface area contributed by atoms with Crippen LogP contribution in [0.15, 0.2) is 12.1 Å². The molecule has 0 amide bonds. The van der Waals surface area contributed by atoms with Gasteiger partial charge in [0.1, 0.15) is 0 Å². The summed E-state index contributed by atoms with van der Waals surface area (Å²) in [5.74, 6) is 0.948. The number of likely N-dealkylation sites (tertiary alicyclic amines) is 1. The maximum atomic E-state index is 3.26. The highest BCUT2D eigenvalue weighted by Gasteiger charge is 2.18. The fourth-order valence-electron chi connectivity index (χ4n) is 2.57. The minimum absolute atomic E-state index is 0.948. The van der Waals surface area contributed by atoms with E-state index in [0.717, 1.165) is 12.5 Å². The lowest BCUT2D eigenvalue weighted by molar-refractivity contribution is 0.173. The monoisotopic (exact) mass is 252 g/mol. The van der Waals surface area contributed by atoms with Gasteiger partial charge in [-0.1, -0.05) is 0 Å². The molecule has 0 atom stereocenters. The molecule has 0 saturated carbocycles. The van der Waals surface area contributed by atoms with Crippen LogP contribution in [0.4, 0.5) is 0 Å². The number of hydrogen-bond acceptors (Lipinski definition) is 3. The van der Waals surface area contributed by atoms with Gasteiger partial charge >= 0.3 is 0 Å². The Bertz CT molecular complexity index is 327. The minimum atomic E-state index is 0.948. The summed E-state index contributed by atoms with van der Waals surface area (Å²) >= 11 is 1.94. The Kier molecular flexibility index (Phi) is 5.01. The summed E-state index contributed by atoms with van der Waals surface area (Å²) in [7, 11) is 2.05. The van der Waals surface area contributed by atoms with Gasteiger partial charge in [-0.2, -0.15) is 0 Å². The Labute approximate surface area is 109 Å². The van der Waals surface area contributed by atoms with Gasteiger partial charge in [0.2, 0.25) is 0 Å². The van der Waals surface area contributed by atoms with Gasteiger partial charge < -0.3 is 5.32 Å². The van der Waals surface area contributed by atoms with Crippen molar-refractivity contribution in [3.05, 3.63) is 21.9 Å². The third-order valence-corrected chi connectivity index (χ3v) is 4.67. The van der Waals surface area contributed by atoms with Gasteiger partial charge in [-0.3, -0.25) is 4.90 Å². The Morgan fingerprint density at radius 3 is 2.71 bits per heavy atom. The minimum Gasteiger partial charge on any atom is -0.320 e. The molecule has 2 heterocycles. The molecule has 1 aliphatic rings. The van der Waals surface area contributed by atoms with E-state index in [0.29, 0.717) is 0 Å². The van der Waals surface area contributed by atoms with Crippen LogP contribution in [0.5, 0.6) is 0 Å². The first-order valence-corrected chi connectivity index (χ1v) is 7.52. The summed E-state index contributed by atoms with van der Waals surface area (Å²) in [5.41, 5.74) is 0. The summed E-state index contributed by atoms with van der Waals surface area (Å²) < 4.78 is 0. The highest BCUT2D eigenvalue weighted by Crippen LogP contribution is 2.23. The van der Waals surface area contributed by atoms with Crippen LogP contribution < -0.4 is 5.32 Å². The normalized spacial score (nSPS) is 18.7. The predicted octanol–water partition coefficient (Wildman–Crippen LogP) is 2.88. The topological polar surface area (TPSA) is 15.3 Å². The molecule has 0 radical (unpaired) electrons. The maximum absolute atomic E-state index is 3.26. The maximum Gasteiger partial charge on any atom is 0.0328 e. The average molecular weight is 252 g/mol. The smallest absolute Gasteiger partial charge is 0.0328 e. The van der Waals surface area contributed by atoms with Gasteiger partial charge in [0.05, 0.1) is 0 Å². The van der Waals surface area contributed by atoms with E-state index < -0.39 is 0 Å². The first kappa shape index (κ1) is 13.1. The molecule has 2 rings (SSSR count). The molecular weight excluding hydrogens is 228 g/mol. The largest absolute Gasteiger partial charge is 0.320 e. The molecule has 3 heteroatoms. The zero-order chi connectivity index (χ0) is 12.1. The molecule has 0 aliphatic carbocycles. The third kappa shape index (κ3) is 4.09. The van der Waals surface area contributed by atoms with Gasteiger partial charge in [-0.15, -0.1) is 11.3 Å². The van der Waals surface area contributed by atoms with E-state index in [2.05, 4.69) is 29.3 Å². The fourth-order valence-corrected chi connectivity index (χ4v) is 3.51. The van der Waals surface area contributed by atoms with Gasteiger partial charge in [0, 0.05) is 16.3 Å². The number of hydrogen-bond donors (Lipinski definition) is 1. The fraction of sp³-hybridized carbons (Fsp3) is 0.714. The molecule has 1 saturated heterocycles. The van der Waals surface area contributed by atoms with E-state index in [9.17, 15) is 0 Å². The van der Waals surface area contributed by atoms with Crippen molar-refractivity contribution >= 4 is 11.3 Å².